The number of aromatic nitrogens is 1. The van der Waals surface area contributed by atoms with E-state index in [1.807, 2.05) is 19.1 Å². The van der Waals surface area contributed by atoms with Gasteiger partial charge in [-0.25, -0.2) is 4.98 Å². The van der Waals surface area contributed by atoms with Crippen LogP contribution in [0.25, 0.3) is 10.2 Å². The fraction of sp³-hybridized carbons (Fsp3) is 0.529. The van der Waals surface area contributed by atoms with Crippen LogP contribution in [0.5, 0.6) is 0 Å². The number of rotatable bonds is 4. The molecule has 22 heavy (non-hydrogen) atoms. The maximum Gasteiger partial charge on any atom is 0.227 e. The minimum Gasteiger partial charge on any atom is -0.348 e. The summed E-state index contributed by atoms with van der Waals surface area (Å²) >= 11 is 1.73. The van der Waals surface area contributed by atoms with Crippen molar-refractivity contribution in [2.75, 3.05) is 23.3 Å². The monoisotopic (exact) mass is 315 g/mol. The van der Waals surface area contributed by atoms with Crippen molar-refractivity contribution in [2.45, 2.75) is 32.6 Å². The summed E-state index contributed by atoms with van der Waals surface area (Å²) in [6.07, 6.45) is 4.91. The van der Waals surface area contributed by atoms with Gasteiger partial charge < -0.3 is 10.2 Å². The van der Waals surface area contributed by atoms with Gasteiger partial charge in [-0.05, 0) is 49.8 Å². The Morgan fingerprint density at radius 1 is 1.36 bits per heavy atom. The Morgan fingerprint density at radius 3 is 2.86 bits per heavy atom. The highest BCUT2D eigenvalue weighted by Crippen LogP contribution is 2.37. The van der Waals surface area contributed by atoms with Crippen molar-refractivity contribution in [2.24, 2.45) is 11.8 Å². The van der Waals surface area contributed by atoms with Crippen molar-refractivity contribution < 1.29 is 4.79 Å². The molecular weight excluding hydrogens is 294 g/mol. The Kier molecular flexibility index (Phi) is 3.53. The highest BCUT2D eigenvalue weighted by molar-refractivity contribution is 7.22. The molecule has 2 fully saturated rings. The molecule has 1 aliphatic carbocycles. The molecule has 1 N–H and O–H groups in total. The average Bonchev–Trinajstić information content (AvgIpc) is 3.05. The third-order valence-electron chi connectivity index (χ3n) is 4.76. The predicted molar refractivity (Wildman–Crippen MR) is 91.6 cm³/mol. The number of nitrogens with zero attached hydrogens (tertiary/aromatic N) is 2. The highest BCUT2D eigenvalue weighted by atomic mass is 32.1. The molecule has 0 bridgehead atoms. The van der Waals surface area contributed by atoms with Crippen LogP contribution in [0.2, 0.25) is 0 Å². The van der Waals surface area contributed by atoms with Gasteiger partial charge in [0.1, 0.15) is 0 Å². The molecule has 0 spiro atoms. The predicted octanol–water partition coefficient (Wildman–Crippen LogP) is 3.88. The lowest BCUT2D eigenvalue weighted by atomic mass is 10.1. The van der Waals surface area contributed by atoms with Crippen molar-refractivity contribution in [3.63, 3.8) is 0 Å². The molecule has 1 amide bonds. The smallest absolute Gasteiger partial charge is 0.227 e. The molecular formula is C17H21N3OS. The first-order valence-corrected chi connectivity index (χ1v) is 8.99. The van der Waals surface area contributed by atoms with E-state index in [1.165, 1.54) is 25.7 Å². The molecule has 1 aromatic carbocycles. The maximum atomic E-state index is 12.2. The number of carbonyl (C=O) groups is 1. The SMILES string of the molecule is CC(C(=O)Nc1ccc2nc(N3CCCC3)sc2c1)C1CC1. The molecule has 1 saturated heterocycles. The molecule has 1 aliphatic heterocycles. The molecule has 0 radical (unpaired) electrons. The number of benzene rings is 1. The molecule has 5 heteroatoms. The Balaban J connectivity index is 1.53. The first-order valence-electron chi connectivity index (χ1n) is 8.17. The van der Waals surface area contributed by atoms with Crippen LogP contribution in [-0.2, 0) is 4.79 Å². The third kappa shape index (κ3) is 2.70. The number of carbonyl (C=O) groups excluding carboxylic acids is 1. The number of fused-ring (bicyclic) bond motifs is 1. The summed E-state index contributed by atoms with van der Waals surface area (Å²) in [7, 11) is 0. The van der Waals surface area contributed by atoms with Gasteiger partial charge in [0.25, 0.3) is 0 Å². The summed E-state index contributed by atoms with van der Waals surface area (Å²) in [5.41, 5.74) is 1.92. The van der Waals surface area contributed by atoms with Crippen LogP contribution in [-0.4, -0.2) is 24.0 Å². The Labute approximate surface area is 134 Å². The summed E-state index contributed by atoms with van der Waals surface area (Å²) < 4.78 is 1.15. The van der Waals surface area contributed by atoms with E-state index in [1.54, 1.807) is 11.3 Å². The van der Waals surface area contributed by atoms with E-state index in [2.05, 4.69) is 16.3 Å². The second kappa shape index (κ2) is 5.54. The number of hydrogen-bond acceptors (Lipinski definition) is 4. The number of anilines is 2. The molecule has 2 aromatic rings. The largest absolute Gasteiger partial charge is 0.348 e. The third-order valence-corrected chi connectivity index (χ3v) is 5.84. The number of hydrogen-bond donors (Lipinski definition) is 1. The summed E-state index contributed by atoms with van der Waals surface area (Å²) in [5.74, 6) is 0.859. The van der Waals surface area contributed by atoms with Crippen molar-refractivity contribution in [1.82, 2.24) is 4.98 Å². The van der Waals surface area contributed by atoms with Gasteiger partial charge in [-0.2, -0.15) is 0 Å². The Morgan fingerprint density at radius 2 is 2.14 bits per heavy atom. The van der Waals surface area contributed by atoms with Gasteiger partial charge in [-0.15, -0.1) is 0 Å². The molecule has 1 unspecified atom stereocenters. The molecule has 1 aromatic heterocycles. The van der Waals surface area contributed by atoms with Crippen LogP contribution in [0, 0.1) is 11.8 Å². The van der Waals surface area contributed by atoms with Gasteiger partial charge in [0.15, 0.2) is 5.13 Å². The van der Waals surface area contributed by atoms with E-state index in [0.29, 0.717) is 5.92 Å². The van der Waals surface area contributed by atoms with Gasteiger partial charge in [-0.3, -0.25) is 4.79 Å². The molecule has 4 nitrogen and oxygen atoms in total. The zero-order valence-corrected chi connectivity index (χ0v) is 13.7. The van der Waals surface area contributed by atoms with Gasteiger partial charge in [0.05, 0.1) is 10.2 Å². The lowest BCUT2D eigenvalue weighted by molar-refractivity contribution is -0.119. The van der Waals surface area contributed by atoms with E-state index in [9.17, 15) is 4.79 Å². The van der Waals surface area contributed by atoms with Gasteiger partial charge in [0.2, 0.25) is 5.91 Å². The Hall–Kier alpha value is -1.62. The summed E-state index contributed by atoms with van der Waals surface area (Å²) in [5, 5.41) is 4.17. The first kappa shape index (κ1) is 14.0. The normalized spacial score (nSPS) is 19.6. The molecule has 1 saturated carbocycles. The molecule has 116 valence electrons. The number of thiazole rings is 1. The first-order chi connectivity index (χ1) is 10.7. The van der Waals surface area contributed by atoms with E-state index in [4.69, 9.17) is 4.98 Å². The molecule has 4 rings (SSSR count). The van der Waals surface area contributed by atoms with Crippen LogP contribution >= 0.6 is 11.3 Å². The topological polar surface area (TPSA) is 45.2 Å². The fourth-order valence-electron chi connectivity index (χ4n) is 3.10. The zero-order chi connectivity index (χ0) is 15.1. The van der Waals surface area contributed by atoms with Crippen LogP contribution in [0.1, 0.15) is 32.6 Å². The minimum absolute atomic E-state index is 0.123. The van der Waals surface area contributed by atoms with E-state index in [-0.39, 0.29) is 11.8 Å². The van der Waals surface area contributed by atoms with Crippen LogP contribution in [0.3, 0.4) is 0 Å². The van der Waals surface area contributed by atoms with Crippen molar-refractivity contribution in [3.05, 3.63) is 18.2 Å². The lowest BCUT2D eigenvalue weighted by Crippen LogP contribution is -2.21. The minimum atomic E-state index is 0.123. The zero-order valence-electron chi connectivity index (χ0n) is 12.8. The van der Waals surface area contributed by atoms with Gasteiger partial charge in [0, 0.05) is 24.7 Å². The summed E-state index contributed by atoms with van der Waals surface area (Å²) in [6, 6.07) is 6.04. The fourth-order valence-corrected chi connectivity index (χ4v) is 4.16. The number of nitrogens with one attached hydrogen (secondary N) is 1. The summed E-state index contributed by atoms with van der Waals surface area (Å²) in [4.78, 5) is 19.3. The van der Waals surface area contributed by atoms with E-state index < -0.39 is 0 Å². The molecule has 1 atom stereocenters. The van der Waals surface area contributed by atoms with Crippen LogP contribution in [0.4, 0.5) is 10.8 Å². The van der Waals surface area contributed by atoms with E-state index >= 15 is 0 Å². The lowest BCUT2D eigenvalue weighted by Gasteiger charge is -2.11. The van der Waals surface area contributed by atoms with Crippen molar-refractivity contribution in [1.29, 1.82) is 0 Å². The standard InChI is InChI=1S/C17H21N3OS/c1-11(12-4-5-12)16(21)18-13-6-7-14-15(10-13)22-17(19-14)20-8-2-3-9-20/h6-7,10-12H,2-5,8-9H2,1H3,(H,18,21). The molecule has 2 heterocycles. The quantitative estimate of drug-likeness (QED) is 0.931. The van der Waals surface area contributed by atoms with Crippen LogP contribution < -0.4 is 10.2 Å². The highest BCUT2D eigenvalue weighted by Gasteiger charge is 2.32. The van der Waals surface area contributed by atoms with Crippen LogP contribution in [0.15, 0.2) is 18.2 Å². The van der Waals surface area contributed by atoms with Crippen molar-refractivity contribution >= 4 is 38.3 Å². The maximum absolute atomic E-state index is 12.2. The second-order valence-corrected chi connectivity index (χ2v) is 7.50. The van der Waals surface area contributed by atoms with E-state index in [0.717, 1.165) is 34.1 Å². The van der Waals surface area contributed by atoms with Crippen molar-refractivity contribution in [3.8, 4) is 0 Å². The van der Waals surface area contributed by atoms with Gasteiger partial charge in [-0.1, -0.05) is 18.3 Å². The summed E-state index contributed by atoms with van der Waals surface area (Å²) in [6.45, 7) is 4.26. The average molecular weight is 315 g/mol. The Bertz CT molecular complexity index is 701. The number of amides is 1. The second-order valence-electron chi connectivity index (χ2n) is 6.49. The van der Waals surface area contributed by atoms with Gasteiger partial charge >= 0.3 is 0 Å². The molecule has 2 aliphatic rings.